The van der Waals surface area contributed by atoms with Gasteiger partial charge in [-0.2, -0.15) is 0 Å². The van der Waals surface area contributed by atoms with E-state index in [9.17, 15) is 9.46 Å². The molecule has 3 aromatic rings. The Labute approximate surface area is 243 Å². The van der Waals surface area contributed by atoms with Crippen LogP contribution in [0.2, 0.25) is 0 Å². The SMILES string of the molecule is C[C@H](Cn1cnc2c(N)ncnc21)OCP(=O)(O)OCCCCCCCCCCCCCCCCc1cccs1. The van der Waals surface area contributed by atoms with Crippen molar-refractivity contribution in [3.63, 3.8) is 0 Å². The molecule has 0 aliphatic heterocycles. The van der Waals surface area contributed by atoms with E-state index in [-0.39, 0.29) is 19.1 Å². The molecule has 0 saturated heterocycles. The van der Waals surface area contributed by atoms with E-state index in [1.165, 1.54) is 88.3 Å². The Hall–Kier alpha value is -1.84. The van der Waals surface area contributed by atoms with Gasteiger partial charge in [-0.15, -0.1) is 11.3 Å². The highest BCUT2D eigenvalue weighted by Crippen LogP contribution is 2.42. The van der Waals surface area contributed by atoms with Crippen LogP contribution in [0.15, 0.2) is 30.2 Å². The molecule has 0 aliphatic carbocycles. The fourth-order valence-corrected chi connectivity index (χ4v) is 6.49. The van der Waals surface area contributed by atoms with E-state index in [1.807, 2.05) is 18.3 Å². The summed E-state index contributed by atoms with van der Waals surface area (Å²) in [4.78, 5) is 24.0. The lowest BCUT2D eigenvalue weighted by atomic mass is 10.0. The molecule has 2 atom stereocenters. The van der Waals surface area contributed by atoms with Crippen molar-refractivity contribution in [3.8, 4) is 0 Å². The molecule has 9 nitrogen and oxygen atoms in total. The number of nitrogens with zero attached hydrogens (tertiary/aromatic N) is 4. The summed E-state index contributed by atoms with van der Waals surface area (Å²) in [5, 5.41) is 2.17. The molecule has 3 N–H and O–H groups in total. The lowest BCUT2D eigenvalue weighted by Gasteiger charge is -2.17. The second kappa shape index (κ2) is 18.6. The highest BCUT2D eigenvalue weighted by Gasteiger charge is 2.21. The number of aryl methyl sites for hydroxylation is 1. The predicted molar refractivity (Wildman–Crippen MR) is 164 cm³/mol. The fraction of sp³-hybridized carbons (Fsp3) is 0.690. The van der Waals surface area contributed by atoms with Crippen molar-refractivity contribution in [1.29, 1.82) is 0 Å². The molecule has 1 unspecified atom stereocenters. The molecular formula is C29H48N5O4PS. The van der Waals surface area contributed by atoms with E-state index >= 15 is 0 Å². The molecule has 0 fully saturated rings. The zero-order valence-corrected chi connectivity index (χ0v) is 25.8. The van der Waals surface area contributed by atoms with Crippen molar-refractivity contribution in [2.24, 2.45) is 0 Å². The predicted octanol–water partition coefficient (Wildman–Crippen LogP) is 7.74. The Balaban J connectivity index is 1.09. The Morgan fingerprint density at radius 3 is 2.20 bits per heavy atom. The number of imidazole rings is 1. The van der Waals surface area contributed by atoms with E-state index < -0.39 is 7.60 Å². The summed E-state index contributed by atoms with van der Waals surface area (Å²) in [5.74, 6) is 0.318. The highest BCUT2D eigenvalue weighted by atomic mass is 32.1. The molecule has 3 aromatic heterocycles. The molecule has 3 rings (SSSR count). The third kappa shape index (κ3) is 12.8. The summed E-state index contributed by atoms with van der Waals surface area (Å²) >= 11 is 1.88. The topological polar surface area (TPSA) is 125 Å². The van der Waals surface area contributed by atoms with Crippen molar-refractivity contribution in [2.75, 3.05) is 18.7 Å². The minimum absolute atomic E-state index is 0.280. The van der Waals surface area contributed by atoms with Crippen LogP contribution in [0.1, 0.15) is 102 Å². The van der Waals surface area contributed by atoms with Crippen molar-refractivity contribution >= 4 is 35.9 Å². The van der Waals surface area contributed by atoms with E-state index in [2.05, 4.69) is 32.5 Å². The van der Waals surface area contributed by atoms with Crippen LogP contribution in [0.25, 0.3) is 11.2 Å². The van der Waals surface area contributed by atoms with Gasteiger partial charge in [-0.25, -0.2) is 15.0 Å². The zero-order valence-electron chi connectivity index (χ0n) is 24.1. The molecule has 0 bridgehead atoms. The van der Waals surface area contributed by atoms with E-state index in [4.69, 9.17) is 15.0 Å². The number of ether oxygens (including phenoxy) is 1. The third-order valence-electron chi connectivity index (χ3n) is 7.10. The van der Waals surface area contributed by atoms with Crippen LogP contribution in [-0.4, -0.2) is 43.5 Å². The minimum atomic E-state index is -3.78. The lowest BCUT2D eigenvalue weighted by Crippen LogP contribution is -2.17. The van der Waals surface area contributed by atoms with Gasteiger partial charge >= 0.3 is 7.60 Å². The number of fused-ring (bicyclic) bond motifs is 1. The van der Waals surface area contributed by atoms with Crippen LogP contribution in [-0.2, 0) is 26.8 Å². The number of aromatic nitrogens is 4. The monoisotopic (exact) mass is 593 g/mol. The molecule has 0 saturated carbocycles. The van der Waals surface area contributed by atoms with Crippen molar-refractivity contribution in [1.82, 2.24) is 19.5 Å². The second-order valence-electron chi connectivity index (χ2n) is 10.7. The van der Waals surface area contributed by atoms with Crippen LogP contribution in [0.4, 0.5) is 5.82 Å². The minimum Gasteiger partial charge on any atom is -0.382 e. The summed E-state index contributed by atoms with van der Waals surface area (Å²) in [6.45, 7) is 2.53. The van der Waals surface area contributed by atoms with Gasteiger partial charge in [0, 0.05) is 4.88 Å². The molecule has 0 aromatic carbocycles. The lowest BCUT2D eigenvalue weighted by molar-refractivity contribution is 0.0715. The molecule has 224 valence electrons. The Kier molecular flexibility index (Phi) is 15.2. The smallest absolute Gasteiger partial charge is 0.353 e. The van der Waals surface area contributed by atoms with Gasteiger partial charge in [-0.05, 0) is 37.6 Å². The number of hydrogen-bond donors (Lipinski definition) is 2. The summed E-state index contributed by atoms with van der Waals surface area (Å²) in [6.07, 6.45) is 21.2. The number of unbranched alkanes of at least 4 members (excludes halogenated alkanes) is 13. The quantitative estimate of drug-likeness (QED) is 0.0845. The first-order valence-electron chi connectivity index (χ1n) is 15.0. The number of nitrogens with two attached hydrogens (primary N) is 1. The average molecular weight is 594 g/mol. The number of anilines is 1. The van der Waals surface area contributed by atoms with Gasteiger partial charge in [-0.3, -0.25) is 4.57 Å². The molecule has 3 heterocycles. The molecule has 40 heavy (non-hydrogen) atoms. The Bertz CT molecular complexity index is 1130. The van der Waals surface area contributed by atoms with Crippen LogP contribution in [0, 0.1) is 0 Å². The first-order chi connectivity index (χ1) is 19.4. The largest absolute Gasteiger partial charge is 0.382 e. The number of nitrogen functional groups attached to an aromatic ring is 1. The summed E-state index contributed by atoms with van der Waals surface area (Å²) in [6, 6.07) is 4.39. The standard InChI is InChI=1S/C29H48N5O4PS/c1-25(21-34-23-33-27-28(30)31-22-32-29(27)34)37-24-39(35,36)38-19-15-13-11-9-7-5-3-2-4-6-8-10-12-14-17-26-18-16-20-40-26/h16,18,20,22-23,25H,2-15,17,19,21,24H2,1H3,(H,35,36)(H2,30,31,32)/t25-/m1/s1. The van der Waals surface area contributed by atoms with E-state index in [1.54, 1.807) is 10.9 Å². The molecule has 0 spiro atoms. The van der Waals surface area contributed by atoms with Crippen LogP contribution in [0.3, 0.4) is 0 Å². The Morgan fingerprint density at radius 1 is 0.950 bits per heavy atom. The van der Waals surface area contributed by atoms with E-state index in [0.717, 1.165) is 19.3 Å². The van der Waals surface area contributed by atoms with Gasteiger partial charge in [0.05, 0.1) is 25.6 Å². The summed E-state index contributed by atoms with van der Waals surface area (Å²) in [5.41, 5.74) is 6.95. The molecule has 0 aliphatic rings. The summed E-state index contributed by atoms with van der Waals surface area (Å²) < 4.78 is 25.0. The van der Waals surface area contributed by atoms with Gasteiger partial charge < -0.3 is 24.5 Å². The fourth-order valence-electron chi connectivity index (χ4n) is 4.81. The molecule has 0 radical (unpaired) electrons. The maximum Gasteiger partial charge on any atom is 0.353 e. The van der Waals surface area contributed by atoms with Gasteiger partial charge in [-0.1, -0.05) is 83.1 Å². The number of rotatable bonds is 23. The maximum absolute atomic E-state index is 12.3. The second-order valence-corrected chi connectivity index (χ2v) is 13.5. The first kappa shape index (κ1) is 32.7. The highest BCUT2D eigenvalue weighted by molar-refractivity contribution is 7.52. The number of hydrogen-bond acceptors (Lipinski definition) is 8. The zero-order chi connectivity index (χ0) is 28.5. The first-order valence-corrected chi connectivity index (χ1v) is 17.6. The normalized spacial score (nSPS) is 14.1. The van der Waals surface area contributed by atoms with Crippen molar-refractivity contribution in [3.05, 3.63) is 35.0 Å². The molecule has 0 amide bonds. The van der Waals surface area contributed by atoms with E-state index in [0.29, 0.717) is 23.5 Å². The van der Waals surface area contributed by atoms with Crippen molar-refractivity contribution < 1.29 is 18.7 Å². The molecular weight excluding hydrogens is 545 g/mol. The average Bonchev–Trinajstić information content (AvgIpc) is 3.60. The third-order valence-corrected chi connectivity index (χ3v) is 9.09. The van der Waals surface area contributed by atoms with Gasteiger partial charge in [0.15, 0.2) is 11.5 Å². The molecule has 11 heteroatoms. The van der Waals surface area contributed by atoms with Crippen LogP contribution >= 0.6 is 18.9 Å². The number of thiophene rings is 1. The van der Waals surface area contributed by atoms with Gasteiger partial charge in [0.25, 0.3) is 0 Å². The van der Waals surface area contributed by atoms with Gasteiger partial charge in [0.2, 0.25) is 0 Å². The van der Waals surface area contributed by atoms with Gasteiger partial charge in [0.1, 0.15) is 18.2 Å². The van der Waals surface area contributed by atoms with Crippen LogP contribution < -0.4 is 5.73 Å². The van der Waals surface area contributed by atoms with Crippen molar-refractivity contribution in [2.45, 2.75) is 116 Å². The Morgan fingerprint density at radius 2 is 1.57 bits per heavy atom. The van der Waals surface area contributed by atoms with Crippen LogP contribution in [0.5, 0.6) is 0 Å². The maximum atomic E-state index is 12.3. The summed E-state index contributed by atoms with van der Waals surface area (Å²) in [7, 11) is -3.78.